The van der Waals surface area contributed by atoms with Gasteiger partial charge in [-0.3, -0.25) is 4.57 Å². The van der Waals surface area contributed by atoms with E-state index >= 15 is 0 Å². The van der Waals surface area contributed by atoms with Crippen molar-refractivity contribution >= 4 is 5.82 Å². The van der Waals surface area contributed by atoms with E-state index in [2.05, 4.69) is 15.0 Å². The summed E-state index contributed by atoms with van der Waals surface area (Å²) in [7, 11) is 0. The number of azide groups is 1. The molecule has 108 valence electrons. The first-order valence-corrected chi connectivity index (χ1v) is 5.90. The summed E-state index contributed by atoms with van der Waals surface area (Å²) >= 11 is 0. The first kappa shape index (κ1) is 14.3. The summed E-state index contributed by atoms with van der Waals surface area (Å²) in [6, 6.07) is 0.694. The van der Waals surface area contributed by atoms with E-state index in [0.717, 1.165) is 4.57 Å². The molecule has 10 nitrogen and oxygen atoms in total. The van der Waals surface area contributed by atoms with Crippen molar-refractivity contribution in [1.29, 1.82) is 0 Å². The third kappa shape index (κ3) is 2.73. The highest BCUT2D eigenvalue weighted by Crippen LogP contribution is 2.28. The summed E-state index contributed by atoms with van der Waals surface area (Å²) < 4.78 is 6.52. The summed E-state index contributed by atoms with van der Waals surface area (Å²) in [5, 5.41) is 22.7. The van der Waals surface area contributed by atoms with Crippen molar-refractivity contribution in [3.8, 4) is 0 Å². The smallest absolute Gasteiger partial charge is 0.351 e. The Morgan fingerprint density at radius 1 is 1.70 bits per heavy atom. The second kappa shape index (κ2) is 5.88. The Labute approximate surface area is 113 Å². The van der Waals surface area contributed by atoms with Crippen LogP contribution in [0.1, 0.15) is 12.6 Å². The lowest BCUT2D eigenvalue weighted by atomic mass is 10.00. The van der Waals surface area contributed by atoms with Crippen LogP contribution in [-0.2, 0) is 4.74 Å². The molecular weight excluding hydrogens is 268 g/mol. The monoisotopic (exact) mass is 282 g/mol. The van der Waals surface area contributed by atoms with Gasteiger partial charge in [0.1, 0.15) is 5.82 Å². The molecule has 1 fully saturated rings. The van der Waals surface area contributed by atoms with E-state index < -0.39 is 36.8 Å². The molecule has 0 bridgehead atoms. The van der Waals surface area contributed by atoms with Gasteiger partial charge < -0.3 is 20.7 Å². The van der Waals surface area contributed by atoms with Gasteiger partial charge in [0, 0.05) is 11.1 Å². The molecule has 0 amide bonds. The van der Waals surface area contributed by atoms with Crippen molar-refractivity contribution < 1.29 is 14.9 Å². The van der Waals surface area contributed by atoms with Gasteiger partial charge in [0.2, 0.25) is 0 Å². The molecule has 4 atom stereocenters. The normalized spacial score (nSPS) is 29.7. The Morgan fingerprint density at radius 2 is 2.45 bits per heavy atom. The third-order valence-electron chi connectivity index (χ3n) is 3.06. The van der Waals surface area contributed by atoms with Crippen molar-refractivity contribution in [2.45, 2.75) is 30.9 Å². The van der Waals surface area contributed by atoms with Gasteiger partial charge in [-0.25, -0.2) is 4.79 Å². The molecule has 0 aromatic carbocycles. The van der Waals surface area contributed by atoms with Crippen molar-refractivity contribution in [3.05, 3.63) is 33.2 Å². The molecule has 0 aliphatic carbocycles. The Bertz CT molecular complexity index is 583. The molecule has 1 aliphatic heterocycles. The van der Waals surface area contributed by atoms with Gasteiger partial charge in [-0.05, 0) is 18.0 Å². The highest BCUT2D eigenvalue weighted by molar-refractivity contribution is 5.23. The second-order valence-corrected chi connectivity index (χ2v) is 4.37. The summed E-state index contributed by atoms with van der Waals surface area (Å²) in [6.07, 6.45) is -1.48. The number of anilines is 1. The summed E-state index contributed by atoms with van der Waals surface area (Å²) in [4.78, 5) is 17.9. The Kier molecular flexibility index (Phi) is 4.20. The van der Waals surface area contributed by atoms with Crippen molar-refractivity contribution in [2.75, 3.05) is 12.3 Å². The number of hydrogen-bond donors (Lipinski definition) is 3. The molecule has 10 heteroatoms. The number of nitrogen functional groups attached to an aromatic ring is 1. The topological polar surface area (TPSA) is 159 Å². The van der Waals surface area contributed by atoms with Gasteiger partial charge in [-0.1, -0.05) is 5.11 Å². The average molecular weight is 282 g/mol. The molecule has 0 saturated carbocycles. The van der Waals surface area contributed by atoms with Crippen LogP contribution in [-0.4, -0.2) is 44.6 Å². The Balaban J connectivity index is 2.29. The second-order valence-electron chi connectivity index (χ2n) is 4.37. The van der Waals surface area contributed by atoms with Crippen molar-refractivity contribution in [1.82, 2.24) is 9.55 Å². The van der Waals surface area contributed by atoms with Crippen molar-refractivity contribution in [2.24, 2.45) is 5.11 Å². The Hall–Kier alpha value is -2.13. The molecule has 0 radical (unpaired) electrons. The van der Waals surface area contributed by atoms with Crippen LogP contribution in [0.15, 0.2) is 22.2 Å². The number of ether oxygens (including phenoxy) is 1. The van der Waals surface area contributed by atoms with Crippen LogP contribution < -0.4 is 11.4 Å². The van der Waals surface area contributed by atoms with Gasteiger partial charge >= 0.3 is 5.69 Å². The van der Waals surface area contributed by atoms with E-state index in [1.807, 2.05) is 0 Å². The predicted molar refractivity (Wildman–Crippen MR) is 67.5 cm³/mol. The fourth-order valence-corrected chi connectivity index (χ4v) is 2.10. The largest absolute Gasteiger partial charge is 0.394 e. The number of nitrogens with two attached hydrogens (primary N) is 1. The Morgan fingerprint density at radius 3 is 3.05 bits per heavy atom. The van der Waals surface area contributed by atoms with E-state index in [1.165, 1.54) is 12.3 Å². The maximum atomic E-state index is 11.7. The maximum absolute atomic E-state index is 11.7. The van der Waals surface area contributed by atoms with Gasteiger partial charge in [0.05, 0.1) is 24.9 Å². The first-order valence-electron chi connectivity index (χ1n) is 5.90. The summed E-state index contributed by atoms with van der Waals surface area (Å²) in [5.41, 5.74) is 13.1. The van der Waals surface area contributed by atoms with Gasteiger partial charge in [-0.2, -0.15) is 4.98 Å². The van der Waals surface area contributed by atoms with Crippen LogP contribution in [0.5, 0.6) is 0 Å². The van der Waals surface area contributed by atoms with Gasteiger partial charge in [0.15, 0.2) is 6.23 Å². The lowest BCUT2D eigenvalue weighted by Crippen LogP contribution is -2.48. The van der Waals surface area contributed by atoms with Crippen LogP contribution >= 0.6 is 0 Å². The number of hydrogen-bond acceptors (Lipinski definition) is 7. The fourth-order valence-electron chi connectivity index (χ4n) is 2.10. The van der Waals surface area contributed by atoms with Crippen LogP contribution in [0.2, 0.25) is 0 Å². The minimum atomic E-state index is -1.07. The summed E-state index contributed by atoms with van der Waals surface area (Å²) in [5.74, 6) is 0.0576. The van der Waals surface area contributed by atoms with E-state index in [1.54, 1.807) is 0 Å². The average Bonchev–Trinajstić information content (AvgIpc) is 2.40. The highest BCUT2D eigenvalue weighted by Gasteiger charge is 2.37. The molecule has 1 saturated heterocycles. The third-order valence-corrected chi connectivity index (χ3v) is 3.06. The number of aliphatic hydroxyl groups is 2. The molecule has 1 aliphatic rings. The first-order chi connectivity index (χ1) is 9.56. The minimum Gasteiger partial charge on any atom is -0.394 e. The molecule has 4 N–H and O–H groups in total. The standard InChI is InChI=1S/C10H14N6O4/c11-8-1-2-16(10(19)13-8)9-6(18)3-5(14-15-12)7(4-17)20-9/h1-2,5-7,9,17-18H,3-4H2,(H2,11,13,19)/t5-,6+,7+,9+/m0/s1. The molecule has 0 unspecified atom stereocenters. The molecule has 2 rings (SSSR count). The van der Waals surface area contributed by atoms with E-state index in [4.69, 9.17) is 16.0 Å². The highest BCUT2D eigenvalue weighted by atomic mass is 16.5. The number of aliphatic hydroxyl groups excluding tert-OH is 2. The van der Waals surface area contributed by atoms with E-state index in [0.29, 0.717) is 0 Å². The van der Waals surface area contributed by atoms with Gasteiger partial charge in [-0.15, -0.1) is 0 Å². The molecule has 0 spiro atoms. The van der Waals surface area contributed by atoms with Crippen LogP contribution in [0.25, 0.3) is 10.4 Å². The maximum Gasteiger partial charge on any atom is 0.351 e. The lowest BCUT2D eigenvalue weighted by Gasteiger charge is -2.37. The molecule has 2 heterocycles. The SMILES string of the molecule is [N-]=[N+]=N[C@H]1C[C@@H](O)[C@H](n2ccc(N)nc2=O)O[C@@H]1CO. The van der Waals surface area contributed by atoms with E-state index in [9.17, 15) is 15.0 Å². The number of rotatable bonds is 3. The summed E-state index contributed by atoms with van der Waals surface area (Å²) in [6.45, 7) is -0.399. The van der Waals surface area contributed by atoms with Crippen LogP contribution in [0, 0.1) is 0 Å². The van der Waals surface area contributed by atoms with E-state index in [-0.39, 0.29) is 12.2 Å². The van der Waals surface area contributed by atoms with Crippen molar-refractivity contribution in [3.63, 3.8) is 0 Å². The van der Waals surface area contributed by atoms with Crippen LogP contribution in [0.3, 0.4) is 0 Å². The zero-order valence-corrected chi connectivity index (χ0v) is 10.4. The predicted octanol–water partition coefficient (Wildman–Crippen LogP) is -0.855. The molecule has 1 aromatic rings. The number of aromatic nitrogens is 2. The lowest BCUT2D eigenvalue weighted by molar-refractivity contribution is -0.173. The molecule has 1 aromatic heterocycles. The number of nitrogens with zero attached hydrogens (tertiary/aromatic N) is 5. The quantitative estimate of drug-likeness (QED) is 0.371. The molecular formula is C10H14N6O4. The minimum absolute atomic E-state index is 0.0576. The van der Waals surface area contributed by atoms with Gasteiger partial charge in [0.25, 0.3) is 0 Å². The van der Waals surface area contributed by atoms with Crippen LogP contribution in [0.4, 0.5) is 5.82 Å². The zero-order valence-electron chi connectivity index (χ0n) is 10.4. The molecule has 20 heavy (non-hydrogen) atoms. The fraction of sp³-hybridized carbons (Fsp3) is 0.600. The zero-order chi connectivity index (χ0) is 14.7.